The van der Waals surface area contributed by atoms with Crippen LogP contribution in [0.5, 0.6) is 5.75 Å². The molecule has 0 aliphatic rings. The Bertz CT molecular complexity index is 590. The molecule has 0 spiro atoms. The van der Waals surface area contributed by atoms with Crippen LogP contribution in [0, 0.1) is 0 Å². The zero-order valence-electron chi connectivity index (χ0n) is 11.6. The molecule has 0 N–H and O–H groups in total. The summed E-state index contributed by atoms with van der Waals surface area (Å²) in [6, 6.07) is 14.6. The van der Waals surface area contributed by atoms with E-state index in [-0.39, 0.29) is 5.78 Å². The summed E-state index contributed by atoms with van der Waals surface area (Å²) in [5.74, 6) is 0.720. The maximum absolute atomic E-state index is 12.3. The van der Waals surface area contributed by atoms with Gasteiger partial charge in [0.25, 0.3) is 0 Å². The Hall–Kier alpha value is -1.80. The molecule has 0 radical (unpaired) electrons. The molecule has 1 unspecified atom stereocenters. The van der Waals surface area contributed by atoms with Crippen molar-refractivity contribution in [3.63, 3.8) is 0 Å². The minimum absolute atomic E-state index is 0.0485. The summed E-state index contributed by atoms with van der Waals surface area (Å²) in [7, 11) is 0. The average Bonchev–Trinajstić information content (AvgIpc) is 2.48. The quantitative estimate of drug-likeness (QED) is 0.754. The summed E-state index contributed by atoms with van der Waals surface area (Å²) in [6.07, 6.45) is 0.349. The molecule has 20 heavy (non-hydrogen) atoms. The Morgan fingerprint density at radius 2 is 1.80 bits per heavy atom. The normalized spacial score (nSPS) is 11.9. The van der Waals surface area contributed by atoms with Crippen LogP contribution < -0.4 is 4.74 Å². The van der Waals surface area contributed by atoms with Gasteiger partial charge in [0.15, 0.2) is 6.10 Å². The molecule has 0 saturated heterocycles. The zero-order valence-corrected chi connectivity index (χ0v) is 12.4. The summed E-state index contributed by atoms with van der Waals surface area (Å²) in [5.41, 5.74) is 1.71. The number of para-hydroxylation sites is 1. The summed E-state index contributed by atoms with van der Waals surface area (Å²) in [4.78, 5) is 12.3. The Balaban J connectivity index is 2.13. The van der Waals surface area contributed by atoms with Crippen LogP contribution in [0.4, 0.5) is 0 Å². The van der Waals surface area contributed by atoms with E-state index in [0.29, 0.717) is 10.6 Å². The van der Waals surface area contributed by atoms with E-state index in [2.05, 4.69) is 6.92 Å². The number of ketones is 1. The zero-order chi connectivity index (χ0) is 14.5. The molecule has 0 fully saturated rings. The average molecular weight is 289 g/mol. The van der Waals surface area contributed by atoms with Crippen LogP contribution in [-0.2, 0) is 6.42 Å². The first-order chi connectivity index (χ1) is 9.61. The van der Waals surface area contributed by atoms with Gasteiger partial charge in [0.05, 0.1) is 0 Å². The van der Waals surface area contributed by atoms with Gasteiger partial charge in [-0.15, -0.1) is 0 Å². The molecule has 2 aromatic rings. The fourth-order valence-electron chi connectivity index (χ4n) is 2.00. The van der Waals surface area contributed by atoms with E-state index in [9.17, 15) is 4.79 Å². The van der Waals surface area contributed by atoms with Gasteiger partial charge in [-0.2, -0.15) is 0 Å². The number of aryl methyl sites for hydroxylation is 1. The topological polar surface area (TPSA) is 26.3 Å². The number of halogens is 1. The third kappa shape index (κ3) is 3.40. The minimum atomic E-state index is -0.524. The lowest BCUT2D eigenvalue weighted by molar-refractivity contribution is 0.0817. The van der Waals surface area contributed by atoms with Crippen molar-refractivity contribution in [2.75, 3.05) is 0 Å². The van der Waals surface area contributed by atoms with Crippen LogP contribution >= 0.6 is 11.6 Å². The molecule has 0 aliphatic carbocycles. The van der Waals surface area contributed by atoms with Gasteiger partial charge in [-0.25, -0.2) is 0 Å². The number of rotatable bonds is 5. The number of Topliss-reactive ketones (excluding diaryl/α,β-unsaturated/α-hetero) is 1. The largest absolute Gasteiger partial charge is 0.482 e. The lowest BCUT2D eigenvalue weighted by atomic mass is 10.1. The van der Waals surface area contributed by atoms with Gasteiger partial charge in [0.2, 0.25) is 5.78 Å². The van der Waals surface area contributed by atoms with Gasteiger partial charge in [0.1, 0.15) is 5.75 Å². The van der Waals surface area contributed by atoms with Gasteiger partial charge in [-0.1, -0.05) is 36.7 Å². The predicted octanol–water partition coefficient (Wildman–Crippen LogP) is 4.55. The van der Waals surface area contributed by atoms with Crippen molar-refractivity contribution in [1.29, 1.82) is 0 Å². The molecule has 1 atom stereocenters. The summed E-state index contributed by atoms with van der Waals surface area (Å²) < 4.78 is 5.80. The standard InChI is InChI=1S/C17H17ClO2/c1-3-13-6-4-5-7-16(13)20-12(2)17(19)14-8-10-15(18)11-9-14/h4-12H,3H2,1-2H3. The second-order valence-electron chi connectivity index (χ2n) is 4.59. The smallest absolute Gasteiger partial charge is 0.202 e. The molecule has 0 aliphatic heterocycles. The Kier molecular flexibility index (Phi) is 4.80. The molecular formula is C17H17ClO2. The van der Waals surface area contributed by atoms with Crippen LogP contribution in [0.2, 0.25) is 5.02 Å². The number of benzene rings is 2. The highest BCUT2D eigenvalue weighted by molar-refractivity contribution is 6.30. The molecule has 0 aromatic heterocycles. The molecule has 0 heterocycles. The van der Waals surface area contributed by atoms with E-state index in [1.807, 2.05) is 24.3 Å². The predicted molar refractivity (Wildman–Crippen MR) is 81.7 cm³/mol. The first-order valence-electron chi connectivity index (χ1n) is 6.66. The van der Waals surface area contributed by atoms with Crippen molar-refractivity contribution in [2.24, 2.45) is 0 Å². The van der Waals surface area contributed by atoms with Crippen LogP contribution in [0.25, 0.3) is 0 Å². The fraction of sp³-hybridized carbons (Fsp3) is 0.235. The maximum atomic E-state index is 12.3. The van der Waals surface area contributed by atoms with Gasteiger partial charge < -0.3 is 4.74 Å². The highest BCUT2D eigenvalue weighted by atomic mass is 35.5. The summed E-state index contributed by atoms with van der Waals surface area (Å²) >= 11 is 5.82. The van der Waals surface area contributed by atoms with E-state index >= 15 is 0 Å². The Morgan fingerprint density at radius 1 is 1.15 bits per heavy atom. The minimum Gasteiger partial charge on any atom is -0.482 e. The maximum Gasteiger partial charge on any atom is 0.202 e. The molecule has 0 amide bonds. The monoisotopic (exact) mass is 288 g/mol. The fourth-order valence-corrected chi connectivity index (χ4v) is 2.13. The summed E-state index contributed by atoms with van der Waals surface area (Å²) in [5, 5.41) is 0.617. The van der Waals surface area contributed by atoms with Crippen LogP contribution in [0.15, 0.2) is 48.5 Å². The van der Waals surface area contributed by atoms with Crippen molar-refractivity contribution in [1.82, 2.24) is 0 Å². The molecule has 2 nitrogen and oxygen atoms in total. The molecular weight excluding hydrogens is 272 g/mol. The van der Waals surface area contributed by atoms with E-state index in [1.54, 1.807) is 31.2 Å². The number of hydrogen-bond acceptors (Lipinski definition) is 2. The Morgan fingerprint density at radius 3 is 2.45 bits per heavy atom. The number of hydrogen-bond donors (Lipinski definition) is 0. The van der Waals surface area contributed by atoms with Crippen molar-refractivity contribution in [3.05, 3.63) is 64.7 Å². The molecule has 2 rings (SSSR count). The van der Waals surface area contributed by atoms with E-state index < -0.39 is 6.10 Å². The van der Waals surface area contributed by atoms with Crippen LogP contribution in [-0.4, -0.2) is 11.9 Å². The highest BCUT2D eigenvalue weighted by Crippen LogP contribution is 2.21. The first kappa shape index (κ1) is 14.6. The van der Waals surface area contributed by atoms with Gasteiger partial charge >= 0.3 is 0 Å². The van der Waals surface area contributed by atoms with Crippen molar-refractivity contribution >= 4 is 17.4 Å². The SMILES string of the molecule is CCc1ccccc1OC(C)C(=O)c1ccc(Cl)cc1. The van der Waals surface area contributed by atoms with Crippen molar-refractivity contribution in [2.45, 2.75) is 26.4 Å². The third-order valence-corrected chi connectivity index (χ3v) is 3.41. The second kappa shape index (κ2) is 6.58. The lowest BCUT2D eigenvalue weighted by Crippen LogP contribution is -2.24. The van der Waals surface area contributed by atoms with Gasteiger partial charge in [0, 0.05) is 10.6 Å². The van der Waals surface area contributed by atoms with Gasteiger partial charge in [-0.3, -0.25) is 4.79 Å². The molecule has 2 aromatic carbocycles. The van der Waals surface area contributed by atoms with E-state index in [4.69, 9.17) is 16.3 Å². The van der Waals surface area contributed by atoms with Crippen molar-refractivity contribution in [3.8, 4) is 5.75 Å². The van der Waals surface area contributed by atoms with E-state index in [0.717, 1.165) is 17.7 Å². The van der Waals surface area contributed by atoms with Gasteiger partial charge in [-0.05, 0) is 49.2 Å². The Labute approximate surface area is 124 Å². The molecule has 0 saturated carbocycles. The first-order valence-corrected chi connectivity index (χ1v) is 7.04. The van der Waals surface area contributed by atoms with Crippen LogP contribution in [0.1, 0.15) is 29.8 Å². The molecule has 3 heteroatoms. The third-order valence-electron chi connectivity index (χ3n) is 3.16. The number of carbonyl (C=O) groups is 1. The highest BCUT2D eigenvalue weighted by Gasteiger charge is 2.17. The van der Waals surface area contributed by atoms with Crippen LogP contribution in [0.3, 0.4) is 0 Å². The number of ether oxygens (including phenoxy) is 1. The number of carbonyl (C=O) groups excluding carboxylic acids is 1. The summed E-state index contributed by atoms with van der Waals surface area (Å²) in [6.45, 7) is 3.83. The van der Waals surface area contributed by atoms with Crippen molar-refractivity contribution < 1.29 is 9.53 Å². The molecule has 104 valence electrons. The lowest BCUT2D eigenvalue weighted by Gasteiger charge is -2.16. The molecule has 0 bridgehead atoms. The second-order valence-corrected chi connectivity index (χ2v) is 5.03. The van der Waals surface area contributed by atoms with E-state index in [1.165, 1.54) is 0 Å².